The predicted molar refractivity (Wildman–Crippen MR) is 98.8 cm³/mol. The lowest BCUT2D eigenvalue weighted by molar-refractivity contribution is -0.274. The molecule has 8 heteroatoms. The Labute approximate surface area is 162 Å². The third-order valence-electron chi connectivity index (χ3n) is 5.70. The summed E-state index contributed by atoms with van der Waals surface area (Å²) in [6.45, 7) is 5.46. The fourth-order valence-corrected chi connectivity index (χ4v) is 4.20. The van der Waals surface area contributed by atoms with Crippen LogP contribution in [0.1, 0.15) is 52.9 Å². The summed E-state index contributed by atoms with van der Waals surface area (Å²) in [5.41, 5.74) is 4.93. The van der Waals surface area contributed by atoms with Gasteiger partial charge >= 0.3 is 12.3 Å². The minimum Gasteiger partial charge on any atom is -0.460 e. The highest BCUT2D eigenvalue weighted by Crippen LogP contribution is 2.53. The van der Waals surface area contributed by atoms with Crippen molar-refractivity contribution in [3.05, 3.63) is 24.3 Å². The quantitative estimate of drug-likeness (QED) is 0.735. The SMILES string of the molecule is CC(C)(C)OC(=O)C12CCC(N)(CC1)C(Nc1ccccc1OC(F)(F)F)C2. The first-order chi connectivity index (χ1) is 12.8. The Morgan fingerprint density at radius 3 is 2.32 bits per heavy atom. The van der Waals surface area contributed by atoms with Gasteiger partial charge in [-0.15, -0.1) is 13.2 Å². The molecule has 1 atom stereocenters. The van der Waals surface area contributed by atoms with Crippen LogP contribution in [0.4, 0.5) is 18.9 Å². The van der Waals surface area contributed by atoms with Gasteiger partial charge in [-0.1, -0.05) is 12.1 Å². The molecule has 156 valence electrons. The Morgan fingerprint density at radius 2 is 1.75 bits per heavy atom. The van der Waals surface area contributed by atoms with E-state index in [1.165, 1.54) is 18.2 Å². The van der Waals surface area contributed by atoms with E-state index in [1.807, 2.05) is 20.8 Å². The average molecular weight is 400 g/mol. The minimum absolute atomic E-state index is 0.210. The molecule has 0 heterocycles. The fraction of sp³-hybridized carbons (Fsp3) is 0.650. The molecule has 3 N–H and O–H groups in total. The van der Waals surface area contributed by atoms with E-state index in [0.29, 0.717) is 32.1 Å². The van der Waals surface area contributed by atoms with Crippen LogP contribution in [0.25, 0.3) is 0 Å². The maximum atomic E-state index is 12.9. The molecule has 3 aliphatic carbocycles. The Balaban J connectivity index is 1.83. The van der Waals surface area contributed by atoms with E-state index in [2.05, 4.69) is 10.1 Å². The van der Waals surface area contributed by atoms with Crippen molar-refractivity contribution >= 4 is 11.7 Å². The van der Waals surface area contributed by atoms with E-state index in [0.717, 1.165) is 0 Å². The van der Waals surface area contributed by atoms with Crippen molar-refractivity contribution in [2.24, 2.45) is 11.1 Å². The maximum Gasteiger partial charge on any atom is 0.573 e. The fourth-order valence-electron chi connectivity index (χ4n) is 4.20. The van der Waals surface area contributed by atoms with Crippen LogP contribution in [0.15, 0.2) is 24.3 Å². The smallest absolute Gasteiger partial charge is 0.460 e. The Morgan fingerprint density at radius 1 is 1.14 bits per heavy atom. The van der Waals surface area contributed by atoms with Crippen LogP contribution in [0.5, 0.6) is 5.75 Å². The van der Waals surface area contributed by atoms with Crippen LogP contribution in [-0.4, -0.2) is 29.5 Å². The summed E-state index contributed by atoms with van der Waals surface area (Å²) in [5.74, 6) is -0.570. The maximum absolute atomic E-state index is 12.9. The molecule has 3 aliphatic rings. The largest absolute Gasteiger partial charge is 0.573 e. The number of esters is 1. The summed E-state index contributed by atoms with van der Waals surface area (Å²) in [7, 11) is 0. The second kappa shape index (κ2) is 6.83. The first kappa shape index (κ1) is 20.8. The van der Waals surface area contributed by atoms with Gasteiger partial charge in [0, 0.05) is 11.6 Å². The van der Waals surface area contributed by atoms with Crippen LogP contribution < -0.4 is 15.8 Å². The van der Waals surface area contributed by atoms with Gasteiger partial charge in [0.05, 0.1) is 11.1 Å². The molecule has 0 amide bonds. The number of nitrogens with one attached hydrogen (secondary N) is 1. The zero-order valence-electron chi connectivity index (χ0n) is 16.4. The van der Waals surface area contributed by atoms with Crippen LogP contribution in [0.3, 0.4) is 0 Å². The Bertz CT molecular complexity index is 735. The lowest BCUT2D eigenvalue weighted by atomic mass is 9.55. The van der Waals surface area contributed by atoms with E-state index in [-0.39, 0.29) is 23.4 Å². The molecule has 4 rings (SSSR count). The van der Waals surface area contributed by atoms with Gasteiger partial charge < -0.3 is 20.5 Å². The third kappa shape index (κ3) is 4.37. The Hall–Kier alpha value is -1.96. The number of nitrogens with two attached hydrogens (primary N) is 1. The normalized spacial score (nSPS) is 30.0. The summed E-state index contributed by atoms with van der Waals surface area (Å²) in [5, 5.41) is 3.13. The predicted octanol–water partition coefficient (Wildman–Crippen LogP) is 4.37. The Kier molecular flexibility index (Phi) is 5.06. The van der Waals surface area contributed by atoms with Crippen molar-refractivity contribution in [3.63, 3.8) is 0 Å². The highest BCUT2D eigenvalue weighted by Gasteiger charge is 2.57. The van der Waals surface area contributed by atoms with Gasteiger partial charge in [-0.05, 0) is 65.0 Å². The van der Waals surface area contributed by atoms with E-state index in [1.54, 1.807) is 6.07 Å². The second-order valence-electron chi connectivity index (χ2n) is 8.96. The van der Waals surface area contributed by atoms with Crippen molar-refractivity contribution in [2.75, 3.05) is 5.32 Å². The lowest BCUT2D eigenvalue weighted by Crippen LogP contribution is -2.65. The molecular formula is C20H27F3N2O3. The summed E-state index contributed by atoms with van der Waals surface area (Å²) in [6, 6.07) is 5.51. The zero-order valence-corrected chi connectivity index (χ0v) is 16.4. The molecule has 0 saturated heterocycles. The summed E-state index contributed by atoms with van der Waals surface area (Å²) in [6.07, 6.45) is -1.92. The number of fused-ring (bicyclic) bond motifs is 3. The number of rotatable bonds is 4. The molecule has 1 aromatic carbocycles. The molecule has 28 heavy (non-hydrogen) atoms. The van der Waals surface area contributed by atoms with Gasteiger partial charge in [-0.2, -0.15) is 0 Å². The van der Waals surface area contributed by atoms with Gasteiger partial charge in [-0.3, -0.25) is 4.79 Å². The average Bonchev–Trinajstić information content (AvgIpc) is 2.55. The number of anilines is 1. The summed E-state index contributed by atoms with van der Waals surface area (Å²) in [4.78, 5) is 12.9. The standard InChI is InChI=1S/C20H27F3N2O3/c1-17(2,3)28-16(26)18-8-10-19(24,11-9-18)15(12-18)25-13-6-4-5-7-14(13)27-20(21,22)23/h4-7,15,25H,8-12,24H2,1-3H3. The number of hydrogen-bond acceptors (Lipinski definition) is 5. The van der Waals surface area contributed by atoms with Crippen molar-refractivity contribution in [3.8, 4) is 5.75 Å². The van der Waals surface area contributed by atoms with Crippen molar-refractivity contribution in [1.29, 1.82) is 0 Å². The molecule has 0 radical (unpaired) electrons. The number of alkyl halides is 3. The van der Waals surface area contributed by atoms with Gasteiger partial charge in [0.1, 0.15) is 5.60 Å². The third-order valence-corrected chi connectivity index (χ3v) is 5.70. The molecule has 3 saturated carbocycles. The zero-order chi connectivity index (χ0) is 20.8. The highest BCUT2D eigenvalue weighted by atomic mass is 19.4. The van der Waals surface area contributed by atoms with Gasteiger partial charge in [0.2, 0.25) is 0 Å². The second-order valence-corrected chi connectivity index (χ2v) is 8.96. The molecule has 3 fully saturated rings. The van der Waals surface area contributed by atoms with Crippen molar-refractivity contribution in [1.82, 2.24) is 0 Å². The topological polar surface area (TPSA) is 73.6 Å². The summed E-state index contributed by atoms with van der Waals surface area (Å²) < 4.78 is 47.9. The van der Waals surface area contributed by atoms with Crippen LogP contribution >= 0.6 is 0 Å². The van der Waals surface area contributed by atoms with Crippen LogP contribution in [-0.2, 0) is 9.53 Å². The molecule has 1 aromatic rings. The van der Waals surface area contributed by atoms with Gasteiger partial charge in [-0.25, -0.2) is 0 Å². The molecule has 0 spiro atoms. The minimum atomic E-state index is -4.79. The number of ether oxygens (including phenoxy) is 2. The van der Waals surface area contributed by atoms with E-state index >= 15 is 0 Å². The number of carbonyl (C=O) groups excluding carboxylic acids is 1. The lowest BCUT2D eigenvalue weighted by Gasteiger charge is -2.55. The molecule has 1 unspecified atom stereocenters. The number of carbonyl (C=O) groups is 1. The molecule has 0 aliphatic heterocycles. The van der Waals surface area contributed by atoms with Gasteiger partial charge in [0.25, 0.3) is 0 Å². The molecule has 2 bridgehead atoms. The monoisotopic (exact) mass is 400 g/mol. The van der Waals surface area contributed by atoms with Crippen LogP contribution in [0.2, 0.25) is 0 Å². The van der Waals surface area contributed by atoms with Gasteiger partial charge in [0.15, 0.2) is 5.75 Å². The summed E-state index contributed by atoms with van der Waals surface area (Å²) >= 11 is 0. The molecule has 0 aromatic heterocycles. The first-order valence-corrected chi connectivity index (χ1v) is 9.46. The van der Waals surface area contributed by atoms with E-state index in [9.17, 15) is 18.0 Å². The number of para-hydroxylation sites is 2. The van der Waals surface area contributed by atoms with Crippen LogP contribution in [0, 0.1) is 5.41 Å². The number of halogens is 3. The number of hydrogen-bond donors (Lipinski definition) is 2. The first-order valence-electron chi connectivity index (χ1n) is 9.46. The van der Waals surface area contributed by atoms with Crippen molar-refractivity contribution in [2.45, 2.75) is 76.4 Å². The molecule has 5 nitrogen and oxygen atoms in total. The highest BCUT2D eigenvalue weighted by molar-refractivity contribution is 5.78. The molecular weight excluding hydrogens is 373 g/mol. The number of benzene rings is 1. The van der Waals surface area contributed by atoms with Crippen molar-refractivity contribution < 1.29 is 27.4 Å². The van der Waals surface area contributed by atoms with E-state index in [4.69, 9.17) is 10.5 Å². The van der Waals surface area contributed by atoms with E-state index < -0.39 is 22.9 Å².